The van der Waals surface area contributed by atoms with E-state index in [-0.39, 0.29) is 24.7 Å². The molecule has 1 unspecified atom stereocenters. The van der Waals surface area contributed by atoms with Crippen LogP contribution in [-0.2, 0) is 37.1 Å². The van der Waals surface area contributed by atoms with Gasteiger partial charge in [-0.2, -0.15) is 0 Å². The molecule has 8 heteroatoms. The summed E-state index contributed by atoms with van der Waals surface area (Å²) in [6, 6.07) is 9.63. The van der Waals surface area contributed by atoms with Crippen molar-refractivity contribution >= 4 is 17.9 Å². The largest absolute Gasteiger partial charge is 0.458 e. The SMILES string of the molecule is C=CC(=O)OCc1ccc(-c2ccc(OC(=O)C=C)cc2OC(=O)C=C)c(COC(O)C=C)c1. The number of carbonyl (C=O) groups excluding carboxylic acids is 3. The maximum atomic E-state index is 11.9. The van der Waals surface area contributed by atoms with Crippen LogP contribution in [0, 0.1) is 0 Å². The molecule has 2 aromatic carbocycles. The number of rotatable bonds is 12. The Morgan fingerprint density at radius 3 is 2.12 bits per heavy atom. The van der Waals surface area contributed by atoms with Gasteiger partial charge in [-0.15, -0.1) is 0 Å². The van der Waals surface area contributed by atoms with Gasteiger partial charge in [0.25, 0.3) is 0 Å². The zero-order chi connectivity index (χ0) is 25.1. The Morgan fingerprint density at radius 1 is 0.824 bits per heavy atom. The predicted octanol–water partition coefficient (Wildman–Crippen LogP) is 3.79. The summed E-state index contributed by atoms with van der Waals surface area (Å²) >= 11 is 0. The summed E-state index contributed by atoms with van der Waals surface area (Å²) in [6.45, 7) is 13.5. The van der Waals surface area contributed by atoms with E-state index >= 15 is 0 Å². The summed E-state index contributed by atoms with van der Waals surface area (Å²) in [6.07, 6.45) is 3.05. The number of ether oxygens (including phenoxy) is 4. The van der Waals surface area contributed by atoms with Crippen molar-refractivity contribution in [3.05, 3.63) is 98.1 Å². The number of aliphatic hydroxyl groups is 1. The minimum absolute atomic E-state index is 0.0170. The van der Waals surface area contributed by atoms with E-state index in [1.165, 1.54) is 18.2 Å². The molecule has 0 aromatic heterocycles. The molecule has 0 radical (unpaired) electrons. The maximum Gasteiger partial charge on any atom is 0.335 e. The Labute approximate surface area is 197 Å². The van der Waals surface area contributed by atoms with Gasteiger partial charge in [0.15, 0.2) is 6.29 Å². The first-order valence-corrected chi connectivity index (χ1v) is 9.97. The second kappa shape index (κ2) is 12.7. The van der Waals surface area contributed by atoms with Gasteiger partial charge in [0, 0.05) is 29.9 Å². The average molecular weight is 464 g/mol. The van der Waals surface area contributed by atoms with Gasteiger partial charge in [-0.25, -0.2) is 14.4 Å². The molecule has 0 fully saturated rings. The Balaban J connectivity index is 2.54. The van der Waals surface area contributed by atoms with Crippen molar-refractivity contribution in [3.8, 4) is 22.6 Å². The van der Waals surface area contributed by atoms with Crippen molar-refractivity contribution < 1.29 is 38.4 Å². The molecule has 8 nitrogen and oxygen atoms in total. The highest BCUT2D eigenvalue weighted by molar-refractivity contribution is 5.87. The lowest BCUT2D eigenvalue weighted by Gasteiger charge is -2.17. The van der Waals surface area contributed by atoms with Crippen molar-refractivity contribution in [1.29, 1.82) is 0 Å². The van der Waals surface area contributed by atoms with Crippen molar-refractivity contribution in [3.63, 3.8) is 0 Å². The van der Waals surface area contributed by atoms with E-state index in [0.717, 1.165) is 18.2 Å². The molecule has 0 aliphatic rings. The molecule has 0 aliphatic carbocycles. The van der Waals surface area contributed by atoms with Crippen LogP contribution in [0.1, 0.15) is 11.1 Å². The van der Waals surface area contributed by atoms with Crippen LogP contribution in [0.15, 0.2) is 87.0 Å². The third-order valence-corrected chi connectivity index (χ3v) is 4.33. The third-order valence-electron chi connectivity index (χ3n) is 4.33. The lowest BCUT2D eigenvalue weighted by molar-refractivity contribution is -0.139. The standard InChI is InChI=1S/C26H24O8/c1-5-23(27)31-15-17-9-11-20(18(13-17)16-32-24(28)6-2)21-12-10-19(33-25(29)7-3)14-22(21)34-26(30)8-4/h5-14,24,28H,1-4,15-16H2. The zero-order valence-electron chi connectivity index (χ0n) is 18.4. The lowest BCUT2D eigenvalue weighted by Crippen LogP contribution is -2.10. The molecule has 0 saturated heterocycles. The Bertz CT molecular complexity index is 1120. The molecule has 0 bridgehead atoms. The summed E-state index contributed by atoms with van der Waals surface area (Å²) in [7, 11) is 0. The minimum atomic E-state index is -1.21. The number of carbonyl (C=O) groups is 3. The second-order valence-corrected chi connectivity index (χ2v) is 6.65. The molecule has 1 atom stereocenters. The summed E-state index contributed by atoms with van der Waals surface area (Å²) in [4.78, 5) is 34.9. The molecule has 0 heterocycles. The normalized spacial score (nSPS) is 11.0. The molecule has 1 N–H and O–H groups in total. The first kappa shape index (κ1) is 26.0. The fourth-order valence-corrected chi connectivity index (χ4v) is 2.76. The Hall–Kier alpha value is -4.27. The Kier molecular flexibility index (Phi) is 9.70. The van der Waals surface area contributed by atoms with Gasteiger partial charge in [0.05, 0.1) is 6.61 Å². The van der Waals surface area contributed by atoms with E-state index in [4.69, 9.17) is 18.9 Å². The van der Waals surface area contributed by atoms with Crippen molar-refractivity contribution in [2.75, 3.05) is 0 Å². The third kappa shape index (κ3) is 7.40. The summed E-state index contributed by atoms with van der Waals surface area (Å²) < 4.78 is 21.0. The van der Waals surface area contributed by atoms with Crippen LogP contribution in [0.2, 0.25) is 0 Å². The summed E-state index contributed by atoms with van der Waals surface area (Å²) in [5, 5.41) is 9.75. The van der Waals surface area contributed by atoms with E-state index in [9.17, 15) is 19.5 Å². The number of esters is 3. The first-order chi connectivity index (χ1) is 16.3. The van der Waals surface area contributed by atoms with Gasteiger partial charge in [0.1, 0.15) is 18.1 Å². The van der Waals surface area contributed by atoms with Crippen LogP contribution in [0.3, 0.4) is 0 Å². The van der Waals surface area contributed by atoms with Gasteiger partial charge in [-0.1, -0.05) is 38.4 Å². The van der Waals surface area contributed by atoms with Crippen molar-refractivity contribution in [1.82, 2.24) is 0 Å². The summed E-state index contributed by atoms with van der Waals surface area (Å²) in [5.41, 5.74) is 2.28. The van der Waals surface area contributed by atoms with E-state index in [1.807, 2.05) is 0 Å². The maximum absolute atomic E-state index is 11.9. The highest BCUT2D eigenvalue weighted by Crippen LogP contribution is 2.36. The second-order valence-electron chi connectivity index (χ2n) is 6.65. The quantitative estimate of drug-likeness (QED) is 0.166. The lowest BCUT2D eigenvalue weighted by atomic mass is 9.97. The predicted molar refractivity (Wildman–Crippen MR) is 125 cm³/mol. The van der Waals surface area contributed by atoms with Crippen molar-refractivity contribution in [2.45, 2.75) is 19.5 Å². The Morgan fingerprint density at radius 2 is 1.47 bits per heavy atom. The topological polar surface area (TPSA) is 108 Å². The highest BCUT2D eigenvalue weighted by atomic mass is 16.6. The van der Waals surface area contributed by atoms with E-state index in [0.29, 0.717) is 22.3 Å². The molecular formula is C26H24O8. The van der Waals surface area contributed by atoms with Crippen LogP contribution in [0.5, 0.6) is 11.5 Å². The fourth-order valence-electron chi connectivity index (χ4n) is 2.76. The van der Waals surface area contributed by atoms with Crippen LogP contribution in [0.4, 0.5) is 0 Å². The van der Waals surface area contributed by atoms with Crippen LogP contribution < -0.4 is 9.47 Å². The molecule has 0 aliphatic heterocycles. The number of aliphatic hydroxyl groups excluding tert-OH is 1. The molecule has 0 spiro atoms. The van der Waals surface area contributed by atoms with E-state index < -0.39 is 24.2 Å². The molecule has 2 aromatic rings. The number of benzene rings is 2. The first-order valence-electron chi connectivity index (χ1n) is 9.97. The monoisotopic (exact) mass is 464 g/mol. The zero-order valence-corrected chi connectivity index (χ0v) is 18.4. The molecule has 176 valence electrons. The van der Waals surface area contributed by atoms with Gasteiger partial charge < -0.3 is 24.1 Å². The highest BCUT2D eigenvalue weighted by Gasteiger charge is 2.17. The van der Waals surface area contributed by atoms with Gasteiger partial charge in [-0.3, -0.25) is 0 Å². The van der Waals surface area contributed by atoms with E-state index in [2.05, 4.69) is 26.3 Å². The smallest absolute Gasteiger partial charge is 0.335 e. The minimum Gasteiger partial charge on any atom is -0.458 e. The van der Waals surface area contributed by atoms with Crippen LogP contribution in [-0.4, -0.2) is 29.3 Å². The molecular weight excluding hydrogens is 440 g/mol. The average Bonchev–Trinajstić information content (AvgIpc) is 2.85. The molecule has 0 saturated carbocycles. The number of hydrogen-bond acceptors (Lipinski definition) is 8. The molecule has 34 heavy (non-hydrogen) atoms. The fraction of sp³-hybridized carbons (Fsp3) is 0.115. The molecule has 0 amide bonds. The van der Waals surface area contributed by atoms with Gasteiger partial charge >= 0.3 is 17.9 Å². The van der Waals surface area contributed by atoms with E-state index in [1.54, 1.807) is 24.3 Å². The van der Waals surface area contributed by atoms with Gasteiger partial charge in [0.2, 0.25) is 0 Å². The summed E-state index contributed by atoms with van der Waals surface area (Å²) in [5.74, 6) is -1.75. The van der Waals surface area contributed by atoms with Crippen LogP contribution >= 0.6 is 0 Å². The molecule has 2 rings (SSSR count). The number of hydrogen-bond donors (Lipinski definition) is 1. The van der Waals surface area contributed by atoms with Gasteiger partial charge in [-0.05, 0) is 41.0 Å². The van der Waals surface area contributed by atoms with Crippen molar-refractivity contribution in [2.24, 2.45) is 0 Å². The van der Waals surface area contributed by atoms with Crippen LogP contribution in [0.25, 0.3) is 11.1 Å².